The van der Waals surface area contributed by atoms with Gasteiger partial charge in [0.2, 0.25) is 0 Å². The van der Waals surface area contributed by atoms with Crippen molar-refractivity contribution >= 4 is 32.3 Å². The molecule has 0 bridgehead atoms. The third-order valence-electron chi connectivity index (χ3n) is 10.3. The summed E-state index contributed by atoms with van der Waals surface area (Å²) < 4.78 is 0. The summed E-state index contributed by atoms with van der Waals surface area (Å²) in [6, 6.07) is 56.5. The Hall–Kier alpha value is -5.46. The topological polar surface area (TPSA) is 0 Å². The number of aryl methyl sites for hydroxylation is 1. The molecule has 0 saturated carbocycles. The van der Waals surface area contributed by atoms with Gasteiger partial charge in [-0.05, 0) is 107 Å². The molecule has 0 saturated heterocycles. The predicted molar refractivity (Wildman–Crippen MR) is 198 cm³/mol. The second-order valence-corrected chi connectivity index (χ2v) is 13.4. The molecule has 0 fully saturated rings. The molecule has 8 aromatic carbocycles. The lowest BCUT2D eigenvalue weighted by atomic mass is 9.80. The molecule has 9 rings (SSSR count). The first-order valence-electron chi connectivity index (χ1n) is 16.3. The van der Waals surface area contributed by atoms with Crippen molar-refractivity contribution in [3.8, 4) is 44.5 Å². The second kappa shape index (κ2) is 10.0. The van der Waals surface area contributed by atoms with E-state index in [-0.39, 0.29) is 5.41 Å². The Balaban J connectivity index is 1.34. The van der Waals surface area contributed by atoms with Crippen LogP contribution in [0.3, 0.4) is 0 Å². The van der Waals surface area contributed by atoms with Crippen LogP contribution in [0.1, 0.15) is 30.5 Å². The molecule has 0 unspecified atom stereocenters. The smallest absolute Gasteiger partial charge is 0.0159 e. The van der Waals surface area contributed by atoms with Crippen LogP contribution in [0.4, 0.5) is 0 Å². The largest absolute Gasteiger partial charge is 0.0619 e. The maximum atomic E-state index is 2.47. The van der Waals surface area contributed by atoms with Crippen LogP contribution in [0.5, 0.6) is 0 Å². The van der Waals surface area contributed by atoms with Crippen molar-refractivity contribution < 1.29 is 0 Å². The van der Waals surface area contributed by atoms with Gasteiger partial charge in [-0.25, -0.2) is 0 Å². The van der Waals surface area contributed by atoms with Crippen molar-refractivity contribution in [1.29, 1.82) is 0 Å². The number of hydrogen-bond acceptors (Lipinski definition) is 0. The minimum Gasteiger partial charge on any atom is -0.0619 e. The fourth-order valence-electron chi connectivity index (χ4n) is 8.06. The first kappa shape index (κ1) is 26.9. The van der Waals surface area contributed by atoms with Gasteiger partial charge >= 0.3 is 0 Å². The average molecular weight is 587 g/mol. The Morgan fingerprint density at radius 3 is 1.80 bits per heavy atom. The first-order valence-corrected chi connectivity index (χ1v) is 16.3. The van der Waals surface area contributed by atoms with Crippen molar-refractivity contribution in [2.75, 3.05) is 0 Å². The van der Waals surface area contributed by atoms with Crippen LogP contribution >= 0.6 is 0 Å². The van der Waals surface area contributed by atoms with Gasteiger partial charge < -0.3 is 0 Å². The molecule has 1 aliphatic rings. The normalized spacial score (nSPS) is 13.3. The highest BCUT2D eigenvalue weighted by atomic mass is 14.4. The third kappa shape index (κ3) is 3.93. The number of rotatable bonds is 3. The molecule has 0 aromatic heterocycles. The van der Waals surface area contributed by atoms with Crippen LogP contribution in [0.15, 0.2) is 152 Å². The molecule has 0 heterocycles. The molecule has 1 aliphatic carbocycles. The molecular formula is C46H34. The van der Waals surface area contributed by atoms with Crippen LogP contribution < -0.4 is 0 Å². The standard InChI is InChI=1S/C46H34/c1-29-20-24-40-41(26-29)44(33-23-25-36-35-15-10-11-19-42(35)46(2,3)43(36)28-33)38-17-8-9-18-39(38)45(40)37-16-7-6-14-34(37)32-22-21-30-12-4-5-13-31(30)27-32/h4-28H,1-3H3. The van der Waals surface area contributed by atoms with Crippen molar-refractivity contribution in [2.45, 2.75) is 26.2 Å². The van der Waals surface area contributed by atoms with Gasteiger partial charge in [0.05, 0.1) is 0 Å². The summed E-state index contributed by atoms with van der Waals surface area (Å²) in [6.45, 7) is 6.95. The minimum atomic E-state index is -0.0534. The zero-order valence-electron chi connectivity index (χ0n) is 26.4. The van der Waals surface area contributed by atoms with E-state index in [1.165, 1.54) is 93.5 Å². The lowest BCUT2D eigenvalue weighted by Gasteiger charge is -2.23. The highest BCUT2D eigenvalue weighted by Gasteiger charge is 2.35. The van der Waals surface area contributed by atoms with Gasteiger partial charge in [0, 0.05) is 5.41 Å². The van der Waals surface area contributed by atoms with E-state index in [2.05, 4.69) is 172 Å². The fourth-order valence-corrected chi connectivity index (χ4v) is 8.06. The lowest BCUT2D eigenvalue weighted by Crippen LogP contribution is -2.14. The van der Waals surface area contributed by atoms with Gasteiger partial charge in [0.1, 0.15) is 0 Å². The van der Waals surface area contributed by atoms with E-state index in [1.807, 2.05) is 0 Å². The van der Waals surface area contributed by atoms with Crippen LogP contribution in [0.25, 0.3) is 76.8 Å². The van der Waals surface area contributed by atoms with E-state index in [1.54, 1.807) is 0 Å². The minimum absolute atomic E-state index is 0.0534. The van der Waals surface area contributed by atoms with Crippen molar-refractivity contribution in [3.63, 3.8) is 0 Å². The maximum Gasteiger partial charge on any atom is 0.0159 e. The molecule has 0 radical (unpaired) electrons. The highest BCUT2D eigenvalue weighted by Crippen LogP contribution is 2.51. The molecule has 46 heavy (non-hydrogen) atoms. The molecule has 8 aromatic rings. The predicted octanol–water partition coefficient (Wildman–Crippen LogP) is 12.8. The van der Waals surface area contributed by atoms with Crippen LogP contribution in [-0.4, -0.2) is 0 Å². The molecule has 0 atom stereocenters. The lowest BCUT2D eigenvalue weighted by molar-refractivity contribution is 0.660. The Kier molecular flexibility index (Phi) is 5.86. The molecule has 0 N–H and O–H groups in total. The Morgan fingerprint density at radius 2 is 0.978 bits per heavy atom. The van der Waals surface area contributed by atoms with Crippen LogP contribution in [-0.2, 0) is 5.41 Å². The molecule has 0 aliphatic heterocycles. The zero-order valence-corrected chi connectivity index (χ0v) is 26.4. The van der Waals surface area contributed by atoms with E-state index in [0.717, 1.165) is 0 Å². The molecule has 0 heteroatoms. The van der Waals surface area contributed by atoms with Gasteiger partial charge in [0.15, 0.2) is 0 Å². The summed E-state index contributed by atoms with van der Waals surface area (Å²) in [5.74, 6) is 0. The number of fused-ring (bicyclic) bond motifs is 6. The number of hydrogen-bond donors (Lipinski definition) is 0. The summed E-state index contributed by atoms with van der Waals surface area (Å²) in [5.41, 5.74) is 14.4. The maximum absolute atomic E-state index is 2.47. The van der Waals surface area contributed by atoms with Crippen LogP contribution in [0, 0.1) is 6.92 Å². The SMILES string of the molecule is Cc1ccc2c(-c3ccccc3-c3ccc4ccccc4c3)c3ccccc3c(-c3ccc4c(c3)C(C)(C)c3ccccc3-4)c2c1. The Labute approximate surface area is 270 Å². The van der Waals surface area contributed by atoms with Gasteiger partial charge in [-0.15, -0.1) is 0 Å². The van der Waals surface area contributed by atoms with E-state index < -0.39 is 0 Å². The van der Waals surface area contributed by atoms with E-state index in [9.17, 15) is 0 Å². The molecule has 0 amide bonds. The van der Waals surface area contributed by atoms with Crippen molar-refractivity contribution in [1.82, 2.24) is 0 Å². The summed E-state index contributed by atoms with van der Waals surface area (Å²) >= 11 is 0. The Bertz CT molecular complexity index is 2510. The summed E-state index contributed by atoms with van der Waals surface area (Å²) in [4.78, 5) is 0. The average Bonchev–Trinajstić information content (AvgIpc) is 3.32. The number of benzene rings is 8. The molecule has 0 nitrogen and oxygen atoms in total. The fraction of sp³-hybridized carbons (Fsp3) is 0.0870. The van der Waals surface area contributed by atoms with Gasteiger partial charge in [-0.3, -0.25) is 0 Å². The van der Waals surface area contributed by atoms with Gasteiger partial charge in [-0.1, -0.05) is 159 Å². The summed E-state index contributed by atoms with van der Waals surface area (Å²) in [5, 5.41) is 7.69. The highest BCUT2D eigenvalue weighted by molar-refractivity contribution is 6.22. The first-order chi connectivity index (χ1) is 22.5. The quantitative estimate of drug-likeness (QED) is 0.181. The monoisotopic (exact) mass is 586 g/mol. The van der Waals surface area contributed by atoms with E-state index in [4.69, 9.17) is 0 Å². The third-order valence-corrected chi connectivity index (χ3v) is 10.3. The van der Waals surface area contributed by atoms with E-state index >= 15 is 0 Å². The van der Waals surface area contributed by atoms with Gasteiger partial charge in [0.25, 0.3) is 0 Å². The van der Waals surface area contributed by atoms with Crippen LogP contribution in [0.2, 0.25) is 0 Å². The zero-order chi connectivity index (χ0) is 31.0. The molecule has 218 valence electrons. The Morgan fingerprint density at radius 1 is 0.370 bits per heavy atom. The summed E-state index contributed by atoms with van der Waals surface area (Å²) in [6.07, 6.45) is 0. The van der Waals surface area contributed by atoms with E-state index in [0.29, 0.717) is 0 Å². The summed E-state index contributed by atoms with van der Waals surface area (Å²) in [7, 11) is 0. The van der Waals surface area contributed by atoms with Crippen molar-refractivity contribution in [3.05, 3.63) is 168 Å². The second-order valence-electron chi connectivity index (χ2n) is 13.4. The van der Waals surface area contributed by atoms with Crippen molar-refractivity contribution in [2.24, 2.45) is 0 Å². The molecule has 0 spiro atoms. The molecular weight excluding hydrogens is 553 g/mol. The van der Waals surface area contributed by atoms with Gasteiger partial charge in [-0.2, -0.15) is 0 Å².